The summed E-state index contributed by atoms with van der Waals surface area (Å²) in [6.07, 6.45) is 2.72. The predicted molar refractivity (Wildman–Crippen MR) is 108 cm³/mol. The second-order valence-electron chi connectivity index (χ2n) is 5.79. The summed E-state index contributed by atoms with van der Waals surface area (Å²) in [4.78, 5) is 17.4. The molecule has 0 saturated carbocycles. The zero-order valence-electron chi connectivity index (χ0n) is 15.4. The van der Waals surface area contributed by atoms with Crippen molar-refractivity contribution in [3.05, 3.63) is 40.6 Å². The topological polar surface area (TPSA) is 42.0 Å². The molecule has 2 heterocycles. The number of methoxy groups -OCH3 is 1. The van der Waals surface area contributed by atoms with Crippen LogP contribution in [0, 0.1) is 0 Å². The molecule has 0 atom stereocenters. The van der Waals surface area contributed by atoms with Crippen LogP contribution in [0.15, 0.2) is 45.5 Å². The Balaban J connectivity index is 1.99. The van der Waals surface area contributed by atoms with Gasteiger partial charge in [0, 0.05) is 29.6 Å². The SMILES string of the molecule is CCC(/C=C1\Sc2ccc(OC)cc2N1CC)=C1\OC(=S)N(CC)C1=O. The molecule has 3 rings (SSSR count). The molecular weight excluding hydrogens is 368 g/mol. The van der Waals surface area contributed by atoms with Gasteiger partial charge in [0.05, 0.1) is 17.8 Å². The van der Waals surface area contributed by atoms with Crippen LogP contribution in [0.1, 0.15) is 27.2 Å². The zero-order chi connectivity index (χ0) is 18.8. The van der Waals surface area contributed by atoms with Crippen LogP contribution in [0.3, 0.4) is 0 Å². The van der Waals surface area contributed by atoms with Gasteiger partial charge in [0.15, 0.2) is 5.76 Å². The van der Waals surface area contributed by atoms with E-state index in [0.29, 0.717) is 18.7 Å². The maximum Gasteiger partial charge on any atom is 0.297 e. The molecule has 0 N–H and O–H groups in total. The van der Waals surface area contributed by atoms with Gasteiger partial charge >= 0.3 is 0 Å². The predicted octanol–water partition coefficient (Wildman–Crippen LogP) is 4.30. The maximum absolute atomic E-state index is 12.6. The van der Waals surface area contributed by atoms with Crippen molar-refractivity contribution < 1.29 is 14.3 Å². The van der Waals surface area contributed by atoms with Crippen LogP contribution in [-0.4, -0.2) is 36.2 Å². The van der Waals surface area contributed by atoms with E-state index in [1.807, 2.05) is 32.1 Å². The molecule has 0 radical (unpaired) electrons. The van der Waals surface area contributed by atoms with Gasteiger partial charge in [-0.15, -0.1) is 0 Å². The number of thiocarbonyl (C=S) groups is 1. The molecular formula is C19H22N2O3S2. The molecule has 7 heteroatoms. The lowest BCUT2D eigenvalue weighted by Gasteiger charge is -2.19. The molecule has 2 aliphatic heterocycles. The van der Waals surface area contributed by atoms with Gasteiger partial charge in [0.25, 0.3) is 11.1 Å². The molecule has 1 fully saturated rings. The molecule has 0 aliphatic carbocycles. The smallest absolute Gasteiger partial charge is 0.297 e. The van der Waals surface area contributed by atoms with E-state index in [9.17, 15) is 4.79 Å². The lowest BCUT2D eigenvalue weighted by Crippen LogP contribution is -2.28. The van der Waals surface area contributed by atoms with Crippen molar-refractivity contribution in [2.45, 2.75) is 32.1 Å². The molecule has 1 saturated heterocycles. The van der Waals surface area contributed by atoms with Gasteiger partial charge in [-0.05, 0) is 50.7 Å². The van der Waals surface area contributed by atoms with Crippen molar-refractivity contribution in [3.63, 3.8) is 0 Å². The lowest BCUT2D eigenvalue weighted by molar-refractivity contribution is -0.122. The van der Waals surface area contributed by atoms with Crippen LogP contribution in [0.25, 0.3) is 0 Å². The molecule has 0 spiro atoms. The number of nitrogens with zero attached hydrogens (tertiary/aromatic N) is 2. The average molecular weight is 391 g/mol. The van der Waals surface area contributed by atoms with E-state index in [0.717, 1.165) is 28.6 Å². The molecule has 0 aromatic heterocycles. The number of rotatable bonds is 5. The largest absolute Gasteiger partial charge is 0.497 e. The van der Waals surface area contributed by atoms with E-state index < -0.39 is 0 Å². The number of benzene rings is 1. The Bertz CT molecular complexity index is 817. The van der Waals surface area contributed by atoms with Crippen molar-refractivity contribution in [1.29, 1.82) is 0 Å². The summed E-state index contributed by atoms with van der Waals surface area (Å²) in [6, 6.07) is 6.06. The second-order valence-corrected chi connectivity index (χ2v) is 7.20. The third-order valence-corrected chi connectivity index (χ3v) is 5.81. The van der Waals surface area contributed by atoms with Gasteiger partial charge in [-0.3, -0.25) is 9.69 Å². The fourth-order valence-electron chi connectivity index (χ4n) is 2.99. The number of carbonyl (C=O) groups is 1. The number of thioether (sulfide) groups is 1. The first-order valence-electron chi connectivity index (χ1n) is 8.65. The van der Waals surface area contributed by atoms with Gasteiger partial charge in [0.2, 0.25) is 0 Å². The second kappa shape index (κ2) is 7.72. The summed E-state index contributed by atoms with van der Waals surface area (Å²) >= 11 is 6.86. The third-order valence-electron chi connectivity index (χ3n) is 4.39. The third kappa shape index (κ3) is 3.21. The summed E-state index contributed by atoms with van der Waals surface area (Å²) < 4.78 is 11.0. The molecule has 5 nitrogen and oxygen atoms in total. The molecule has 26 heavy (non-hydrogen) atoms. The van der Waals surface area contributed by atoms with Crippen LogP contribution in [0.2, 0.25) is 0 Å². The number of allylic oxidation sites excluding steroid dienone is 2. The molecule has 0 bridgehead atoms. The first-order valence-corrected chi connectivity index (χ1v) is 9.88. The minimum atomic E-state index is -0.156. The number of hydrogen-bond donors (Lipinski definition) is 0. The summed E-state index contributed by atoms with van der Waals surface area (Å²) in [7, 11) is 1.67. The average Bonchev–Trinajstić information content (AvgIpc) is 3.14. The zero-order valence-corrected chi connectivity index (χ0v) is 17.0. The summed E-state index contributed by atoms with van der Waals surface area (Å²) in [5.41, 5.74) is 1.97. The number of ether oxygens (including phenoxy) is 2. The van der Waals surface area contributed by atoms with E-state index >= 15 is 0 Å². The molecule has 1 aromatic rings. The molecule has 1 aromatic carbocycles. The number of likely N-dealkylation sites (N-methyl/N-ethyl adjacent to an activating group) is 1. The number of anilines is 1. The Morgan fingerprint density at radius 2 is 2.00 bits per heavy atom. The molecule has 138 valence electrons. The number of fused-ring (bicyclic) bond motifs is 1. The van der Waals surface area contributed by atoms with Crippen molar-refractivity contribution in [3.8, 4) is 5.75 Å². The highest BCUT2D eigenvalue weighted by Crippen LogP contribution is 2.47. The van der Waals surface area contributed by atoms with E-state index in [1.54, 1.807) is 18.9 Å². The highest BCUT2D eigenvalue weighted by Gasteiger charge is 2.34. The van der Waals surface area contributed by atoms with E-state index in [-0.39, 0.29) is 11.1 Å². The van der Waals surface area contributed by atoms with Gasteiger partial charge in [-0.2, -0.15) is 0 Å². The van der Waals surface area contributed by atoms with E-state index in [4.69, 9.17) is 21.7 Å². The monoisotopic (exact) mass is 390 g/mol. The fourth-order valence-corrected chi connectivity index (χ4v) is 4.46. The van der Waals surface area contributed by atoms with Gasteiger partial charge < -0.3 is 14.4 Å². The van der Waals surface area contributed by atoms with Crippen LogP contribution in [0.4, 0.5) is 5.69 Å². The van der Waals surface area contributed by atoms with E-state index in [2.05, 4.69) is 17.9 Å². The van der Waals surface area contributed by atoms with Crippen LogP contribution in [0.5, 0.6) is 5.75 Å². The van der Waals surface area contributed by atoms with Crippen molar-refractivity contribution in [2.24, 2.45) is 0 Å². The van der Waals surface area contributed by atoms with Crippen molar-refractivity contribution >= 4 is 40.7 Å². The van der Waals surface area contributed by atoms with Crippen molar-refractivity contribution in [2.75, 3.05) is 25.1 Å². The number of carbonyl (C=O) groups excluding carboxylic acids is 1. The first-order chi connectivity index (χ1) is 12.5. The summed E-state index contributed by atoms with van der Waals surface area (Å²) in [5.74, 6) is 1.02. The van der Waals surface area contributed by atoms with Crippen LogP contribution >= 0.6 is 24.0 Å². The van der Waals surface area contributed by atoms with E-state index in [1.165, 1.54) is 9.80 Å². The normalized spacial score (nSPS) is 19.9. The molecule has 1 amide bonds. The van der Waals surface area contributed by atoms with Gasteiger partial charge in [-0.25, -0.2) is 0 Å². The number of hydrogen-bond acceptors (Lipinski definition) is 6. The Morgan fingerprint density at radius 3 is 2.58 bits per heavy atom. The fraction of sp³-hybridized carbons (Fsp3) is 0.368. The Labute approximate surface area is 163 Å². The Morgan fingerprint density at radius 1 is 1.27 bits per heavy atom. The number of amides is 1. The first kappa shape index (κ1) is 18.8. The summed E-state index contributed by atoms with van der Waals surface area (Å²) in [5, 5.41) is 1.30. The lowest BCUT2D eigenvalue weighted by atomic mass is 10.1. The van der Waals surface area contributed by atoms with Crippen molar-refractivity contribution in [1.82, 2.24) is 4.90 Å². The minimum Gasteiger partial charge on any atom is -0.497 e. The summed E-state index contributed by atoms with van der Waals surface area (Å²) in [6.45, 7) is 7.33. The van der Waals surface area contributed by atoms with Crippen LogP contribution < -0.4 is 9.64 Å². The standard InChI is InChI=1S/C19H22N2O3S2/c1-5-12(17-18(22)21(7-3)19(25)24-17)10-16-20(6-2)14-11-13(23-4)8-9-15(14)26-16/h8-11H,5-7H2,1-4H3/b16-10-,17-12+. The van der Waals surface area contributed by atoms with Crippen LogP contribution in [-0.2, 0) is 9.53 Å². The Kier molecular flexibility index (Phi) is 5.58. The quantitative estimate of drug-likeness (QED) is 0.552. The minimum absolute atomic E-state index is 0.156. The highest BCUT2D eigenvalue weighted by molar-refractivity contribution is 8.03. The van der Waals surface area contributed by atoms with Gasteiger partial charge in [0.1, 0.15) is 5.75 Å². The maximum atomic E-state index is 12.6. The highest BCUT2D eigenvalue weighted by atomic mass is 32.2. The van der Waals surface area contributed by atoms with Gasteiger partial charge in [-0.1, -0.05) is 18.7 Å². The molecule has 2 aliphatic rings. The molecule has 0 unspecified atom stereocenters. The Hall–Kier alpha value is -1.99.